The fourth-order valence-corrected chi connectivity index (χ4v) is 4.32. The van der Waals surface area contributed by atoms with Crippen LogP contribution in [0, 0.1) is 11.8 Å². The van der Waals surface area contributed by atoms with Crippen LogP contribution >= 0.6 is 24.8 Å². The minimum atomic E-state index is -0.308. The molecule has 1 saturated carbocycles. The minimum absolute atomic E-state index is 0. The Labute approximate surface area is 169 Å². The smallest absolute Gasteiger partial charge is 0.225 e. The van der Waals surface area contributed by atoms with Crippen LogP contribution in [0.2, 0.25) is 0 Å². The van der Waals surface area contributed by atoms with E-state index in [4.69, 9.17) is 5.73 Å². The van der Waals surface area contributed by atoms with Crippen LogP contribution in [0.3, 0.4) is 0 Å². The van der Waals surface area contributed by atoms with Gasteiger partial charge in [-0.1, -0.05) is 6.92 Å². The van der Waals surface area contributed by atoms with E-state index in [2.05, 4.69) is 17.1 Å². The molecule has 2 heterocycles. The highest BCUT2D eigenvalue weighted by atomic mass is 35.5. The van der Waals surface area contributed by atoms with Crippen LogP contribution < -0.4 is 11.1 Å². The average Bonchev–Trinajstić information content (AvgIpc) is 3.24. The average molecular weight is 409 g/mol. The molecule has 1 aliphatic carbocycles. The SMILES string of the molecule is CCN1CCCC1CN1CC(C(=O)NC(C)(CN)C2CC2)CC1=O.Cl.Cl. The number of likely N-dealkylation sites (N-methyl/N-ethyl adjacent to an activating group) is 1. The molecule has 0 aromatic carbocycles. The van der Waals surface area contributed by atoms with Gasteiger partial charge in [0.1, 0.15) is 0 Å². The predicted octanol–water partition coefficient (Wildman–Crippen LogP) is 1.41. The molecule has 3 N–H and O–H groups in total. The van der Waals surface area contributed by atoms with Crippen molar-refractivity contribution in [1.29, 1.82) is 0 Å². The molecule has 0 aromatic rings. The van der Waals surface area contributed by atoms with Crippen LogP contribution in [0.5, 0.6) is 0 Å². The fourth-order valence-electron chi connectivity index (χ4n) is 4.32. The highest BCUT2D eigenvalue weighted by Gasteiger charge is 2.44. The summed E-state index contributed by atoms with van der Waals surface area (Å²) in [4.78, 5) is 29.3. The maximum atomic E-state index is 12.6. The summed E-state index contributed by atoms with van der Waals surface area (Å²) in [6, 6.07) is 0.460. The lowest BCUT2D eigenvalue weighted by atomic mass is 9.94. The second kappa shape index (κ2) is 9.58. The second-order valence-electron chi connectivity index (χ2n) is 8.01. The maximum absolute atomic E-state index is 12.6. The van der Waals surface area contributed by atoms with Gasteiger partial charge in [-0.15, -0.1) is 24.8 Å². The maximum Gasteiger partial charge on any atom is 0.225 e. The van der Waals surface area contributed by atoms with Crippen LogP contribution in [0.1, 0.15) is 46.0 Å². The minimum Gasteiger partial charge on any atom is -0.349 e. The standard InChI is InChI=1S/C18H32N4O2.2ClH/c1-3-21-8-4-5-15(21)11-22-10-13(9-16(22)23)17(24)20-18(2,12-19)14-6-7-14;;/h13-15H,3-12,19H2,1-2H3,(H,20,24);2*1H. The van der Waals surface area contributed by atoms with Crippen molar-refractivity contribution in [1.82, 2.24) is 15.1 Å². The van der Waals surface area contributed by atoms with Crippen LogP contribution in [0.4, 0.5) is 0 Å². The fraction of sp³-hybridized carbons (Fsp3) is 0.889. The number of nitrogens with one attached hydrogen (secondary N) is 1. The lowest BCUT2D eigenvalue weighted by molar-refractivity contribution is -0.129. The number of nitrogens with zero attached hydrogens (tertiary/aromatic N) is 2. The molecule has 6 nitrogen and oxygen atoms in total. The quantitative estimate of drug-likeness (QED) is 0.667. The Morgan fingerprint density at radius 1 is 1.31 bits per heavy atom. The molecule has 2 aliphatic heterocycles. The third-order valence-corrected chi connectivity index (χ3v) is 6.23. The van der Waals surface area contributed by atoms with Gasteiger partial charge in [-0.25, -0.2) is 0 Å². The van der Waals surface area contributed by atoms with E-state index < -0.39 is 0 Å². The van der Waals surface area contributed by atoms with Crippen molar-refractivity contribution in [2.24, 2.45) is 17.6 Å². The molecule has 3 fully saturated rings. The predicted molar refractivity (Wildman–Crippen MR) is 108 cm³/mol. The number of carbonyl (C=O) groups is 2. The summed E-state index contributed by atoms with van der Waals surface area (Å²) in [5.41, 5.74) is 5.58. The topological polar surface area (TPSA) is 78.7 Å². The third kappa shape index (κ3) is 5.03. The van der Waals surface area contributed by atoms with Gasteiger partial charge < -0.3 is 16.0 Å². The van der Waals surface area contributed by atoms with Crippen LogP contribution in [0.25, 0.3) is 0 Å². The van der Waals surface area contributed by atoms with E-state index in [9.17, 15) is 9.59 Å². The molecule has 0 radical (unpaired) electrons. The van der Waals surface area contributed by atoms with E-state index in [0.29, 0.717) is 31.5 Å². The Morgan fingerprint density at radius 3 is 2.58 bits per heavy atom. The molecule has 3 rings (SSSR count). The van der Waals surface area contributed by atoms with Crippen molar-refractivity contribution in [3.63, 3.8) is 0 Å². The molecule has 152 valence electrons. The van der Waals surface area contributed by atoms with Crippen molar-refractivity contribution in [2.75, 3.05) is 32.7 Å². The van der Waals surface area contributed by atoms with E-state index in [0.717, 1.165) is 38.9 Å². The molecule has 2 amide bonds. The molecular weight excluding hydrogens is 375 g/mol. The van der Waals surface area contributed by atoms with Gasteiger partial charge in [-0.2, -0.15) is 0 Å². The first-order valence-electron chi connectivity index (χ1n) is 9.50. The summed E-state index contributed by atoms with van der Waals surface area (Å²) in [5, 5.41) is 3.15. The molecule has 3 atom stereocenters. The lowest BCUT2D eigenvalue weighted by Crippen LogP contribution is -2.55. The summed E-state index contributed by atoms with van der Waals surface area (Å²) < 4.78 is 0. The zero-order valence-electron chi connectivity index (χ0n) is 15.9. The number of amides is 2. The van der Waals surface area contributed by atoms with Gasteiger partial charge in [-0.05, 0) is 51.6 Å². The van der Waals surface area contributed by atoms with Gasteiger partial charge in [-0.3, -0.25) is 14.5 Å². The first-order valence-corrected chi connectivity index (χ1v) is 9.50. The number of likely N-dealkylation sites (tertiary alicyclic amines) is 2. The van der Waals surface area contributed by atoms with Gasteiger partial charge >= 0.3 is 0 Å². The first-order chi connectivity index (χ1) is 11.5. The number of hydrogen-bond donors (Lipinski definition) is 2. The third-order valence-electron chi connectivity index (χ3n) is 6.23. The number of nitrogens with two attached hydrogens (primary N) is 1. The number of hydrogen-bond acceptors (Lipinski definition) is 4. The van der Waals surface area contributed by atoms with E-state index in [1.807, 2.05) is 11.8 Å². The molecule has 8 heteroatoms. The first kappa shape index (κ1) is 23.5. The Kier molecular flexibility index (Phi) is 8.65. The van der Waals surface area contributed by atoms with Crippen molar-refractivity contribution >= 4 is 36.6 Å². The highest BCUT2D eigenvalue weighted by molar-refractivity contribution is 5.89. The lowest BCUT2D eigenvalue weighted by Gasteiger charge is -2.31. The van der Waals surface area contributed by atoms with E-state index >= 15 is 0 Å². The molecular formula is C18H34Cl2N4O2. The van der Waals surface area contributed by atoms with E-state index in [1.54, 1.807) is 0 Å². The van der Waals surface area contributed by atoms with Gasteiger partial charge in [0.05, 0.1) is 11.5 Å². The van der Waals surface area contributed by atoms with Crippen LogP contribution in [-0.2, 0) is 9.59 Å². The van der Waals surface area contributed by atoms with Gasteiger partial charge in [0.2, 0.25) is 11.8 Å². The van der Waals surface area contributed by atoms with Crippen LogP contribution in [0.15, 0.2) is 0 Å². The molecule has 26 heavy (non-hydrogen) atoms. The molecule has 3 aliphatic rings. The zero-order chi connectivity index (χ0) is 17.3. The van der Waals surface area contributed by atoms with Crippen molar-refractivity contribution in [2.45, 2.75) is 57.5 Å². The zero-order valence-corrected chi connectivity index (χ0v) is 17.5. The Bertz CT molecular complexity index is 504. The Hall–Kier alpha value is -0.560. The molecule has 3 unspecified atom stereocenters. The number of carbonyl (C=O) groups excluding carboxylic acids is 2. The van der Waals surface area contributed by atoms with Gasteiger partial charge in [0.25, 0.3) is 0 Å². The summed E-state index contributed by atoms with van der Waals surface area (Å²) in [6.45, 7) is 8.16. The van der Waals surface area contributed by atoms with Crippen molar-refractivity contribution in [3.05, 3.63) is 0 Å². The molecule has 0 aromatic heterocycles. The van der Waals surface area contributed by atoms with Crippen molar-refractivity contribution < 1.29 is 9.59 Å². The Morgan fingerprint density at radius 2 is 2.00 bits per heavy atom. The molecule has 0 bridgehead atoms. The number of halogens is 2. The summed E-state index contributed by atoms with van der Waals surface area (Å²) >= 11 is 0. The van der Waals surface area contributed by atoms with Gasteiger partial charge in [0.15, 0.2) is 0 Å². The van der Waals surface area contributed by atoms with Gasteiger partial charge in [0, 0.05) is 32.1 Å². The van der Waals surface area contributed by atoms with Crippen molar-refractivity contribution in [3.8, 4) is 0 Å². The summed E-state index contributed by atoms with van der Waals surface area (Å²) in [7, 11) is 0. The summed E-state index contributed by atoms with van der Waals surface area (Å²) in [6.07, 6.45) is 4.98. The summed E-state index contributed by atoms with van der Waals surface area (Å²) in [5.74, 6) is 0.401. The largest absolute Gasteiger partial charge is 0.349 e. The monoisotopic (exact) mass is 408 g/mol. The Balaban J connectivity index is 0.00000169. The van der Waals surface area contributed by atoms with Crippen LogP contribution in [-0.4, -0.2) is 65.9 Å². The normalized spacial score (nSPS) is 28.3. The van der Waals surface area contributed by atoms with E-state index in [-0.39, 0.29) is 48.1 Å². The molecule has 0 spiro atoms. The number of rotatable bonds is 7. The highest BCUT2D eigenvalue weighted by Crippen LogP contribution is 2.39. The van der Waals surface area contributed by atoms with E-state index in [1.165, 1.54) is 6.42 Å². The molecule has 2 saturated heterocycles. The second-order valence-corrected chi connectivity index (χ2v) is 8.01.